The van der Waals surface area contributed by atoms with Gasteiger partial charge in [-0.1, -0.05) is 0 Å². The predicted molar refractivity (Wildman–Crippen MR) is 78.6 cm³/mol. The maximum absolute atomic E-state index is 12.1. The van der Waals surface area contributed by atoms with Crippen LogP contribution >= 0.6 is 0 Å². The standard InChI is InChI=1S/C15H23NO5/c1-11(15(18)16(2)9-12(17)10-19-3)21-14-7-5-13(20-4)6-8-14/h5-8,11-12,17H,9-10H2,1-4H3. The number of hydrogen-bond donors (Lipinski definition) is 1. The molecule has 1 aromatic carbocycles. The highest BCUT2D eigenvalue weighted by Crippen LogP contribution is 2.18. The molecule has 0 spiro atoms. The number of benzene rings is 1. The normalized spacial score (nSPS) is 13.4. The van der Waals surface area contributed by atoms with Gasteiger partial charge >= 0.3 is 0 Å². The van der Waals surface area contributed by atoms with Gasteiger partial charge in [0.25, 0.3) is 5.91 Å². The Morgan fingerprint density at radius 3 is 2.33 bits per heavy atom. The summed E-state index contributed by atoms with van der Waals surface area (Å²) in [7, 11) is 4.71. The minimum absolute atomic E-state index is 0.186. The lowest BCUT2D eigenvalue weighted by molar-refractivity contribution is -0.138. The van der Waals surface area contributed by atoms with Gasteiger partial charge in [-0.3, -0.25) is 4.79 Å². The van der Waals surface area contributed by atoms with E-state index in [4.69, 9.17) is 14.2 Å². The van der Waals surface area contributed by atoms with E-state index in [1.54, 1.807) is 45.3 Å². The number of aliphatic hydroxyl groups excluding tert-OH is 1. The zero-order valence-electron chi connectivity index (χ0n) is 12.9. The van der Waals surface area contributed by atoms with Gasteiger partial charge in [-0.15, -0.1) is 0 Å². The van der Waals surface area contributed by atoms with E-state index in [0.717, 1.165) is 5.75 Å². The van der Waals surface area contributed by atoms with Crippen molar-refractivity contribution in [2.45, 2.75) is 19.1 Å². The van der Waals surface area contributed by atoms with Crippen LogP contribution < -0.4 is 9.47 Å². The monoisotopic (exact) mass is 297 g/mol. The Labute approximate surface area is 125 Å². The zero-order chi connectivity index (χ0) is 15.8. The molecular formula is C15H23NO5. The van der Waals surface area contributed by atoms with Gasteiger partial charge in [0.15, 0.2) is 6.10 Å². The first kappa shape index (κ1) is 17.3. The van der Waals surface area contributed by atoms with E-state index in [1.807, 2.05) is 0 Å². The maximum Gasteiger partial charge on any atom is 0.263 e. The Bertz CT molecular complexity index is 434. The number of amides is 1. The van der Waals surface area contributed by atoms with Crippen molar-refractivity contribution in [1.82, 2.24) is 4.90 Å². The molecule has 1 aromatic rings. The molecule has 21 heavy (non-hydrogen) atoms. The van der Waals surface area contributed by atoms with Gasteiger partial charge in [0, 0.05) is 20.7 Å². The van der Waals surface area contributed by atoms with Crippen molar-refractivity contribution < 1.29 is 24.1 Å². The Morgan fingerprint density at radius 2 is 1.81 bits per heavy atom. The molecule has 1 rings (SSSR count). The fraction of sp³-hybridized carbons (Fsp3) is 0.533. The van der Waals surface area contributed by atoms with E-state index >= 15 is 0 Å². The highest BCUT2D eigenvalue weighted by atomic mass is 16.5. The first-order chi connectivity index (χ1) is 9.97. The second kappa shape index (κ2) is 8.49. The fourth-order valence-corrected chi connectivity index (χ4v) is 1.87. The quantitative estimate of drug-likeness (QED) is 0.773. The van der Waals surface area contributed by atoms with Crippen LogP contribution in [0.2, 0.25) is 0 Å². The number of carbonyl (C=O) groups excluding carboxylic acids is 1. The molecule has 0 heterocycles. The van der Waals surface area contributed by atoms with Crippen molar-refractivity contribution in [2.24, 2.45) is 0 Å². The van der Waals surface area contributed by atoms with Gasteiger partial charge in [0.2, 0.25) is 0 Å². The molecular weight excluding hydrogens is 274 g/mol. The first-order valence-electron chi connectivity index (χ1n) is 6.70. The number of aliphatic hydroxyl groups is 1. The Hall–Kier alpha value is -1.79. The van der Waals surface area contributed by atoms with E-state index in [0.29, 0.717) is 5.75 Å². The van der Waals surface area contributed by atoms with Crippen LogP contribution in [-0.2, 0) is 9.53 Å². The molecule has 0 aliphatic heterocycles. The van der Waals surface area contributed by atoms with Gasteiger partial charge in [-0.25, -0.2) is 0 Å². The molecule has 0 fully saturated rings. The van der Waals surface area contributed by atoms with E-state index in [9.17, 15) is 9.90 Å². The number of rotatable bonds is 8. The molecule has 0 aromatic heterocycles. The molecule has 118 valence electrons. The third kappa shape index (κ3) is 5.61. The molecule has 2 atom stereocenters. The maximum atomic E-state index is 12.1. The summed E-state index contributed by atoms with van der Waals surface area (Å²) in [5.74, 6) is 1.10. The number of likely N-dealkylation sites (N-methyl/N-ethyl adjacent to an activating group) is 1. The summed E-state index contributed by atoms with van der Waals surface area (Å²) in [6.07, 6.45) is -1.35. The van der Waals surface area contributed by atoms with Gasteiger partial charge in [0.1, 0.15) is 11.5 Å². The number of methoxy groups -OCH3 is 2. The Morgan fingerprint density at radius 1 is 1.24 bits per heavy atom. The highest BCUT2D eigenvalue weighted by molar-refractivity contribution is 5.80. The largest absolute Gasteiger partial charge is 0.497 e. The smallest absolute Gasteiger partial charge is 0.263 e. The van der Waals surface area contributed by atoms with Crippen molar-refractivity contribution in [3.8, 4) is 11.5 Å². The molecule has 0 saturated carbocycles. The summed E-state index contributed by atoms with van der Waals surface area (Å²) >= 11 is 0. The molecule has 0 aliphatic rings. The van der Waals surface area contributed by atoms with E-state index < -0.39 is 12.2 Å². The third-order valence-corrected chi connectivity index (χ3v) is 2.94. The topological polar surface area (TPSA) is 68.2 Å². The molecule has 0 saturated heterocycles. The summed E-state index contributed by atoms with van der Waals surface area (Å²) in [6.45, 7) is 2.06. The van der Waals surface area contributed by atoms with E-state index in [1.165, 1.54) is 12.0 Å². The Balaban J connectivity index is 2.52. The molecule has 0 aliphatic carbocycles. The van der Waals surface area contributed by atoms with Crippen molar-refractivity contribution in [1.29, 1.82) is 0 Å². The summed E-state index contributed by atoms with van der Waals surface area (Å²) in [5.41, 5.74) is 0. The fourth-order valence-electron chi connectivity index (χ4n) is 1.87. The van der Waals surface area contributed by atoms with Crippen LogP contribution in [0, 0.1) is 0 Å². The van der Waals surface area contributed by atoms with Crippen LogP contribution in [0.4, 0.5) is 0 Å². The molecule has 0 bridgehead atoms. The summed E-state index contributed by atoms with van der Waals surface area (Å²) in [4.78, 5) is 13.6. The molecule has 6 heteroatoms. The number of ether oxygens (including phenoxy) is 3. The molecule has 6 nitrogen and oxygen atoms in total. The van der Waals surface area contributed by atoms with Crippen LogP contribution in [0.3, 0.4) is 0 Å². The predicted octanol–water partition coefficient (Wildman–Crippen LogP) is 0.928. The zero-order valence-corrected chi connectivity index (χ0v) is 12.9. The minimum atomic E-state index is -0.711. The molecule has 1 N–H and O–H groups in total. The average molecular weight is 297 g/mol. The van der Waals surface area contributed by atoms with Crippen molar-refractivity contribution in [3.05, 3.63) is 24.3 Å². The highest BCUT2D eigenvalue weighted by Gasteiger charge is 2.21. The van der Waals surface area contributed by atoms with Gasteiger partial charge in [-0.2, -0.15) is 0 Å². The number of nitrogens with zero attached hydrogens (tertiary/aromatic N) is 1. The summed E-state index contributed by atoms with van der Waals surface area (Å²) in [6, 6.07) is 7.00. The van der Waals surface area contributed by atoms with Crippen LogP contribution in [0.1, 0.15) is 6.92 Å². The first-order valence-corrected chi connectivity index (χ1v) is 6.70. The van der Waals surface area contributed by atoms with Crippen LogP contribution in [0.25, 0.3) is 0 Å². The van der Waals surface area contributed by atoms with Crippen molar-refractivity contribution in [2.75, 3.05) is 34.4 Å². The third-order valence-electron chi connectivity index (χ3n) is 2.94. The van der Waals surface area contributed by atoms with Crippen LogP contribution in [0.15, 0.2) is 24.3 Å². The second-order valence-corrected chi connectivity index (χ2v) is 4.76. The van der Waals surface area contributed by atoms with E-state index in [2.05, 4.69) is 0 Å². The SMILES string of the molecule is COCC(O)CN(C)C(=O)C(C)Oc1ccc(OC)cc1. The minimum Gasteiger partial charge on any atom is -0.497 e. The Kier molecular flexibility index (Phi) is 6.98. The molecule has 1 amide bonds. The molecule has 2 unspecified atom stereocenters. The van der Waals surface area contributed by atoms with Gasteiger partial charge < -0.3 is 24.2 Å². The van der Waals surface area contributed by atoms with Crippen LogP contribution in [-0.4, -0.2) is 62.5 Å². The summed E-state index contributed by atoms with van der Waals surface area (Å²) in [5, 5.41) is 9.62. The van der Waals surface area contributed by atoms with Crippen molar-refractivity contribution in [3.63, 3.8) is 0 Å². The van der Waals surface area contributed by atoms with Gasteiger partial charge in [0.05, 0.1) is 19.8 Å². The summed E-state index contributed by atoms with van der Waals surface area (Å²) < 4.78 is 15.5. The lowest BCUT2D eigenvalue weighted by atomic mass is 10.3. The second-order valence-electron chi connectivity index (χ2n) is 4.76. The van der Waals surface area contributed by atoms with Crippen LogP contribution in [0.5, 0.6) is 11.5 Å². The lowest BCUT2D eigenvalue weighted by Crippen LogP contribution is -2.42. The number of hydrogen-bond acceptors (Lipinski definition) is 5. The lowest BCUT2D eigenvalue weighted by Gasteiger charge is -2.24. The average Bonchev–Trinajstić information content (AvgIpc) is 2.47. The number of carbonyl (C=O) groups is 1. The van der Waals surface area contributed by atoms with Crippen molar-refractivity contribution >= 4 is 5.91 Å². The molecule has 0 radical (unpaired) electrons. The van der Waals surface area contributed by atoms with E-state index in [-0.39, 0.29) is 19.1 Å². The van der Waals surface area contributed by atoms with Gasteiger partial charge in [-0.05, 0) is 31.2 Å².